The van der Waals surface area contributed by atoms with Crippen molar-refractivity contribution in [2.75, 3.05) is 13.7 Å². The van der Waals surface area contributed by atoms with Crippen molar-refractivity contribution in [3.63, 3.8) is 0 Å². The average molecular weight is 288 g/mol. The van der Waals surface area contributed by atoms with Gasteiger partial charge in [0.1, 0.15) is 0 Å². The van der Waals surface area contributed by atoms with Gasteiger partial charge in [0.15, 0.2) is 0 Å². The molecule has 0 atom stereocenters. The molecule has 21 heavy (non-hydrogen) atoms. The number of hydrogen-bond donors (Lipinski definition) is 1. The Morgan fingerprint density at radius 3 is 2.67 bits per heavy atom. The van der Waals surface area contributed by atoms with E-state index in [2.05, 4.69) is 55.8 Å². The molecule has 0 unspecified atom stereocenters. The van der Waals surface area contributed by atoms with Gasteiger partial charge < -0.3 is 14.6 Å². The molecule has 0 aliphatic rings. The van der Waals surface area contributed by atoms with Gasteiger partial charge in [0.25, 0.3) is 0 Å². The molecule has 2 rings (SSSR count). The Kier molecular flexibility index (Phi) is 5.43. The van der Waals surface area contributed by atoms with Crippen molar-refractivity contribution >= 4 is 10.9 Å². The van der Waals surface area contributed by atoms with Crippen LogP contribution in [0.2, 0.25) is 0 Å². The summed E-state index contributed by atoms with van der Waals surface area (Å²) in [6, 6.07) is 7.35. The second-order valence-corrected chi connectivity index (χ2v) is 6.10. The third-order valence-corrected chi connectivity index (χ3v) is 4.15. The molecule has 0 bridgehead atoms. The van der Waals surface area contributed by atoms with E-state index in [-0.39, 0.29) is 0 Å². The highest BCUT2D eigenvalue weighted by molar-refractivity contribution is 5.86. The Morgan fingerprint density at radius 2 is 2.00 bits per heavy atom. The van der Waals surface area contributed by atoms with Crippen LogP contribution in [0.25, 0.3) is 10.9 Å². The lowest BCUT2D eigenvalue weighted by Crippen LogP contribution is -2.21. The maximum atomic E-state index is 5.17. The van der Waals surface area contributed by atoms with E-state index < -0.39 is 0 Å². The number of nitrogens with one attached hydrogen (secondary N) is 1. The standard InChI is InChI=1S/C18H28N2O/c1-13(2)19-12-16-7-8-18-17(11-16)14(3)15(4)20(18)9-6-10-21-5/h7-8,11,13,19H,6,9-10,12H2,1-5H3. The lowest BCUT2D eigenvalue weighted by atomic mass is 10.1. The molecule has 3 heteroatoms. The largest absolute Gasteiger partial charge is 0.385 e. The minimum Gasteiger partial charge on any atom is -0.385 e. The van der Waals surface area contributed by atoms with Crippen molar-refractivity contribution in [3.05, 3.63) is 35.0 Å². The molecule has 1 aromatic carbocycles. The maximum absolute atomic E-state index is 5.17. The monoisotopic (exact) mass is 288 g/mol. The van der Waals surface area contributed by atoms with Crippen molar-refractivity contribution in [3.8, 4) is 0 Å². The van der Waals surface area contributed by atoms with E-state index in [9.17, 15) is 0 Å². The first-order chi connectivity index (χ1) is 10.0. The maximum Gasteiger partial charge on any atom is 0.0485 e. The fraction of sp³-hybridized carbons (Fsp3) is 0.556. The summed E-state index contributed by atoms with van der Waals surface area (Å²) in [6.07, 6.45) is 1.05. The zero-order valence-corrected chi connectivity index (χ0v) is 14.0. The number of aryl methyl sites for hydroxylation is 2. The molecule has 0 spiro atoms. The van der Waals surface area contributed by atoms with Crippen LogP contribution < -0.4 is 5.32 Å². The topological polar surface area (TPSA) is 26.2 Å². The Hall–Kier alpha value is -1.32. The summed E-state index contributed by atoms with van der Waals surface area (Å²) in [5, 5.41) is 4.87. The molecule has 0 radical (unpaired) electrons. The SMILES string of the molecule is COCCCn1c(C)c(C)c2cc(CNC(C)C)ccc21. The third kappa shape index (κ3) is 3.66. The van der Waals surface area contributed by atoms with Crippen LogP contribution in [-0.4, -0.2) is 24.3 Å². The van der Waals surface area contributed by atoms with Crippen LogP contribution in [0.3, 0.4) is 0 Å². The smallest absolute Gasteiger partial charge is 0.0485 e. The summed E-state index contributed by atoms with van der Waals surface area (Å²) in [6.45, 7) is 11.6. The minimum atomic E-state index is 0.516. The van der Waals surface area contributed by atoms with Gasteiger partial charge in [-0.2, -0.15) is 0 Å². The molecule has 0 saturated carbocycles. The summed E-state index contributed by atoms with van der Waals surface area (Å²) in [4.78, 5) is 0. The van der Waals surface area contributed by atoms with Crippen LogP contribution in [0, 0.1) is 13.8 Å². The Bertz CT molecular complexity index is 599. The molecule has 2 aromatic rings. The van der Waals surface area contributed by atoms with E-state index in [1.54, 1.807) is 7.11 Å². The molecule has 0 saturated heterocycles. The third-order valence-electron chi connectivity index (χ3n) is 4.15. The first-order valence-corrected chi connectivity index (χ1v) is 7.85. The Morgan fingerprint density at radius 1 is 1.24 bits per heavy atom. The summed E-state index contributed by atoms with van der Waals surface area (Å²) in [7, 11) is 1.76. The predicted molar refractivity (Wildman–Crippen MR) is 89.9 cm³/mol. The van der Waals surface area contributed by atoms with Gasteiger partial charge in [0, 0.05) is 49.4 Å². The van der Waals surface area contributed by atoms with Gasteiger partial charge in [-0.3, -0.25) is 0 Å². The second-order valence-electron chi connectivity index (χ2n) is 6.10. The van der Waals surface area contributed by atoms with Gasteiger partial charge in [-0.1, -0.05) is 19.9 Å². The molecule has 1 heterocycles. The highest BCUT2D eigenvalue weighted by Crippen LogP contribution is 2.26. The Labute approximate surface area is 128 Å². The number of rotatable bonds is 7. The molecular formula is C18H28N2O. The number of benzene rings is 1. The van der Waals surface area contributed by atoms with E-state index >= 15 is 0 Å². The number of nitrogens with zero attached hydrogens (tertiary/aromatic N) is 1. The van der Waals surface area contributed by atoms with Crippen molar-refractivity contribution in [2.24, 2.45) is 0 Å². The zero-order valence-electron chi connectivity index (χ0n) is 14.0. The molecular weight excluding hydrogens is 260 g/mol. The number of ether oxygens (including phenoxy) is 1. The highest BCUT2D eigenvalue weighted by atomic mass is 16.5. The summed E-state index contributed by atoms with van der Waals surface area (Å²) in [5.41, 5.74) is 5.46. The van der Waals surface area contributed by atoms with E-state index in [1.165, 1.54) is 27.7 Å². The lowest BCUT2D eigenvalue weighted by Gasteiger charge is -2.10. The van der Waals surface area contributed by atoms with Crippen LogP contribution in [0.15, 0.2) is 18.2 Å². The molecule has 0 aliphatic heterocycles. The summed E-state index contributed by atoms with van der Waals surface area (Å²) < 4.78 is 7.59. The number of hydrogen-bond acceptors (Lipinski definition) is 2. The average Bonchev–Trinajstić information content (AvgIpc) is 2.70. The molecule has 0 amide bonds. The van der Waals surface area contributed by atoms with Gasteiger partial charge in [0.05, 0.1) is 0 Å². The van der Waals surface area contributed by atoms with Crippen LogP contribution in [0.4, 0.5) is 0 Å². The first kappa shape index (κ1) is 16.1. The Balaban J connectivity index is 2.28. The van der Waals surface area contributed by atoms with Crippen molar-refractivity contribution < 1.29 is 4.74 Å². The first-order valence-electron chi connectivity index (χ1n) is 7.85. The molecule has 3 nitrogen and oxygen atoms in total. The normalized spacial score (nSPS) is 11.7. The second kappa shape index (κ2) is 7.10. The molecule has 0 aliphatic carbocycles. The van der Waals surface area contributed by atoms with Gasteiger partial charge in [-0.05, 0) is 43.5 Å². The van der Waals surface area contributed by atoms with Crippen molar-refractivity contribution in [1.29, 1.82) is 0 Å². The van der Waals surface area contributed by atoms with Crippen LogP contribution in [-0.2, 0) is 17.8 Å². The summed E-state index contributed by atoms with van der Waals surface area (Å²) >= 11 is 0. The number of fused-ring (bicyclic) bond motifs is 1. The van der Waals surface area contributed by atoms with Crippen molar-refractivity contribution in [1.82, 2.24) is 9.88 Å². The van der Waals surface area contributed by atoms with Crippen LogP contribution >= 0.6 is 0 Å². The quantitative estimate of drug-likeness (QED) is 0.784. The highest BCUT2D eigenvalue weighted by Gasteiger charge is 2.11. The van der Waals surface area contributed by atoms with Crippen molar-refractivity contribution in [2.45, 2.75) is 53.2 Å². The van der Waals surface area contributed by atoms with Gasteiger partial charge in [0.2, 0.25) is 0 Å². The zero-order chi connectivity index (χ0) is 15.4. The van der Waals surface area contributed by atoms with Gasteiger partial charge in [-0.25, -0.2) is 0 Å². The van der Waals surface area contributed by atoms with Gasteiger partial charge >= 0.3 is 0 Å². The lowest BCUT2D eigenvalue weighted by molar-refractivity contribution is 0.190. The number of aromatic nitrogens is 1. The summed E-state index contributed by atoms with van der Waals surface area (Å²) in [5.74, 6) is 0. The molecule has 1 N–H and O–H groups in total. The molecule has 1 aromatic heterocycles. The van der Waals surface area contributed by atoms with Crippen LogP contribution in [0.1, 0.15) is 37.1 Å². The molecule has 0 fully saturated rings. The van der Waals surface area contributed by atoms with E-state index in [0.717, 1.165) is 26.1 Å². The predicted octanol–water partition coefficient (Wildman–Crippen LogP) is 3.79. The minimum absolute atomic E-state index is 0.516. The fourth-order valence-corrected chi connectivity index (χ4v) is 2.78. The fourth-order valence-electron chi connectivity index (χ4n) is 2.78. The van der Waals surface area contributed by atoms with Gasteiger partial charge in [-0.15, -0.1) is 0 Å². The molecule has 116 valence electrons. The number of methoxy groups -OCH3 is 1. The van der Waals surface area contributed by atoms with E-state index in [4.69, 9.17) is 4.74 Å². The van der Waals surface area contributed by atoms with E-state index in [1.807, 2.05) is 0 Å². The van der Waals surface area contributed by atoms with Crippen LogP contribution in [0.5, 0.6) is 0 Å². The van der Waals surface area contributed by atoms with E-state index in [0.29, 0.717) is 6.04 Å².